The van der Waals surface area contributed by atoms with Crippen LogP contribution in [0.1, 0.15) is 18.4 Å². The largest absolute Gasteiger partial charge is 0.383 e. The summed E-state index contributed by atoms with van der Waals surface area (Å²) in [6.07, 6.45) is 2.77. The molecule has 1 N–H and O–H groups in total. The van der Waals surface area contributed by atoms with Crippen LogP contribution >= 0.6 is 11.8 Å². The number of thioether (sulfide) groups is 1. The Morgan fingerprint density at radius 2 is 2.23 bits per heavy atom. The minimum absolute atomic E-state index is 0.570. The summed E-state index contributed by atoms with van der Waals surface area (Å²) < 4.78 is 0.570. The van der Waals surface area contributed by atoms with E-state index in [2.05, 4.69) is 42.2 Å². The second-order valence-corrected chi connectivity index (χ2v) is 5.65. The van der Waals surface area contributed by atoms with Gasteiger partial charge in [0.2, 0.25) is 0 Å². The Kier molecular flexibility index (Phi) is 1.46. The van der Waals surface area contributed by atoms with Gasteiger partial charge in [0.25, 0.3) is 0 Å². The second kappa shape index (κ2) is 2.44. The minimum Gasteiger partial charge on any atom is -0.383 e. The van der Waals surface area contributed by atoms with Crippen molar-refractivity contribution in [3.8, 4) is 0 Å². The quantitative estimate of drug-likeness (QED) is 0.676. The molecule has 3 rings (SSSR count). The fourth-order valence-electron chi connectivity index (χ4n) is 1.80. The molecule has 13 heavy (non-hydrogen) atoms. The maximum atomic E-state index is 3.52. The third kappa shape index (κ3) is 1.24. The van der Waals surface area contributed by atoms with Crippen molar-refractivity contribution < 1.29 is 0 Å². The van der Waals surface area contributed by atoms with Gasteiger partial charge < -0.3 is 5.32 Å². The molecule has 0 aromatic heterocycles. The molecule has 1 saturated carbocycles. The van der Waals surface area contributed by atoms with Crippen LogP contribution in [0, 0.1) is 6.92 Å². The SMILES string of the molecule is Cc1ccc2c(c1)SC1(CC1)CN2. The molecule has 1 heterocycles. The molecule has 2 aliphatic rings. The van der Waals surface area contributed by atoms with E-state index in [9.17, 15) is 0 Å². The Morgan fingerprint density at radius 1 is 1.38 bits per heavy atom. The summed E-state index contributed by atoms with van der Waals surface area (Å²) in [6, 6.07) is 6.68. The zero-order chi connectivity index (χ0) is 8.89. The van der Waals surface area contributed by atoms with Crippen LogP contribution in [-0.2, 0) is 0 Å². The van der Waals surface area contributed by atoms with E-state index in [0.717, 1.165) is 6.54 Å². The van der Waals surface area contributed by atoms with Crippen molar-refractivity contribution in [1.82, 2.24) is 0 Å². The van der Waals surface area contributed by atoms with Crippen LogP contribution in [0.3, 0.4) is 0 Å². The van der Waals surface area contributed by atoms with Gasteiger partial charge in [-0.2, -0.15) is 0 Å². The summed E-state index contributed by atoms with van der Waals surface area (Å²) in [4.78, 5) is 1.45. The van der Waals surface area contributed by atoms with Crippen LogP contribution < -0.4 is 5.32 Å². The first-order valence-corrected chi connectivity index (χ1v) is 5.63. The molecule has 0 unspecified atom stereocenters. The van der Waals surface area contributed by atoms with Gasteiger partial charge >= 0.3 is 0 Å². The maximum Gasteiger partial charge on any atom is 0.0479 e. The molecule has 1 fully saturated rings. The van der Waals surface area contributed by atoms with Crippen LogP contribution in [0.4, 0.5) is 5.69 Å². The molecule has 1 aliphatic carbocycles. The maximum absolute atomic E-state index is 3.52. The second-order valence-electron chi connectivity index (χ2n) is 4.14. The fourth-order valence-corrected chi connectivity index (χ4v) is 3.22. The number of hydrogen-bond donors (Lipinski definition) is 1. The van der Waals surface area contributed by atoms with Crippen LogP contribution in [0.5, 0.6) is 0 Å². The summed E-state index contributed by atoms with van der Waals surface area (Å²) in [7, 11) is 0. The van der Waals surface area contributed by atoms with Crippen molar-refractivity contribution in [1.29, 1.82) is 0 Å². The van der Waals surface area contributed by atoms with Crippen molar-refractivity contribution in [3.05, 3.63) is 23.8 Å². The zero-order valence-electron chi connectivity index (χ0n) is 7.76. The van der Waals surface area contributed by atoms with E-state index in [0.29, 0.717) is 4.75 Å². The van der Waals surface area contributed by atoms with Gasteiger partial charge in [0, 0.05) is 21.9 Å². The average molecular weight is 191 g/mol. The number of hydrogen-bond acceptors (Lipinski definition) is 2. The topological polar surface area (TPSA) is 12.0 Å². The van der Waals surface area contributed by atoms with Crippen LogP contribution in [0.15, 0.2) is 23.1 Å². The summed E-state index contributed by atoms with van der Waals surface area (Å²) in [5, 5.41) is 3.52. The highest BCUT2D eigenvalue weighted by Gasteiger charge is 2.45. The normalized spacial score (nSPS) is 22.2. The van der Waals surface area contributed by atoms with Crippen molar-refractivity contribution in [2.45, 2.75) is 29.4 Å². The number of benzene rings is 1. The van der Waals surface area contributed by atoms with Gasteiger partial charge in [-0.15, -0.1) is 11.8 Å². The number of nitrogens with one attached hydrogen (secondary N) is 1. The number of anilines is 1. The lowest BCUT2D eigenvalue weighted by Crippen LogP contribution is -2.22. The number of rotatable bonds is 0. The van der Waals surface area contributed by atoms with Crippen molar-refractivity contribution >= 4 is 17.4 Å². The van der Waals surface area contributed by atoms with E-state index < -0.39 is 0 Å². The van der Waals surface area contributed by atoms with Crippen LogP contribution in [0.2, 0.25) is 0 Å². The van der Waals surface area contributed by atoms with Gasteiger partial charge in [0.15, 0.2) is 0 Å². The van der Waals surface area contributed by atoms with Gasteiger partial charge in [0.05, 0.1) is 0 Å². The molecule has 68 valence electrons. The Bertz CT molecular complexity index is 355. The lowest BCUT2D eigenvalue weighted by Gasteiger charge is -2.25. The first kappa shape index (κ1) is 7.74. The summed E-state index contributed by atoms with van der Waals surface area (Å²) in [5.41, 5.74) is 2.69. The third-order valence-corrected chi connectivity index (χ3v) is 4.42. The molecule has 0 amide bonds. The first-order chi connectivity index (χ1) is 6.27. The molecule has 0 saturated heterocycles. The van der Waals surface area contributed by atoms with Gasteiger partial charge in [0.1, 0.15) is 0 Å². The summed E-state index contributed by atoms with van der Waals surface area (Å²) in [6.45, 7) is 3.32. The van der Waals surface area contributed by atoms with Gasteiger partial charge in [-0.1, -0.05) is 6.07 Å². The molecule has 1 spiro atoms. The number of fused-ring (bicyclic) bond motifs is 1. The molecular formula is C11H13NS. The van der Waals surface area contributed by atoms with Crippen molar-refractivity contribution in [2.24, 2.45) is 0 Å². The highest BCUT2D eigenvalue weighted by molar-refractivity contribution is 8.01. The standard InChI is InChI=1S/C11H13NS/c1-8-2-3-9-10(6-8)13-11(4-5-11)7-12-9/h2-3,6,12H,4-5,7H2,1H3. The van der Waals surface area contributed by atoms with E-state index >= 15 is 0 Å². The summed E-state index contributed by atoms with van der Waals surface area (Å²) >= 11 is 2.08. The molecule has 1 aromatic carbocycles. The minimum atomic E-state index is 0.570. The van der Waals surface area contributed by atoms with E-state index in [1.807, 2.05) is 0 Å². The van der Waals surface area contributed by atoms with Gasteiger partial charge in [-0.25, -0.2) is 0 Å². The van der Waals surface area contributed by atoms with Gasteiger partial charge in [-0.05, 0) is 37.5 Å². The van der Waals surface area contributed by atoms with E-state index in [1.165, 1.54) is 29.0 Å². The predicted octanol–water partition coefficient (Wildman–Crippen LogP) is 3.05. The first-order valence-electron chi connectivity index (χ1n) is 4.81. The van der Waals surface area contributed by atoms with Crippen LogP contribution in [0.25, 0.3) is 0 Å². The average Bonchev–Trinajstić information content (AvgIpc) is 2.84. The van der Waals surface area contributed by atoms with E-state index in [-0.39, 0.29) is 0 Å². The molecule has 2 heteroatoms. The van der Waals surface area contributed by atoms with E-state index in [1.54, 1.807) is 0 Å². The highest BCUT2D eigenvalue weighted by atomic mass is 32.2. The smallest absolute Gasteiger partial charge is 0.0479 e. The summed E-state index contributed by atoms with van der Waals surface area (Å²) in [5.74, 6) is 0. The fraction of sp³-hybridized carbons (Fsp3) is 0.455. The van der Waals surface area contributed by atoms with Crippen molar-refractivity contribution in [3.63, 3.8) is 0 Å². The number of aryl methyl sites for hydroxylation is 1. The third-order valence-electron chi connectivity index (χ3n) is 2.87. The monoisotopic (exact) mass is 191 g/mol. The molecule has 0 radical (unpaired) electrons. The zero-order valence-corrected chi connectivity index (χ0v) is 8.58. The molecule has 0 atom stereocenters. The molecule has 0 bridgehead atoms. The molecule has 1 aromatic rings. The Balaban J connectivity index is 2.02. The highest BCUT2D eigenvalue weighted by Crippen LogP contribution is 2.55. The molecule has 1 aliphatic heterocycles. The lowest BCUT2D eigenvalue weighted by atomic mass is 10.2. The van der Waals surface area contributed by atoms with Crippen LogP contribution in [-0.4, -0.2) is 11.3 Å². The predicted molar refractivity (Wildman–Crippen MR) is 57.5 cm³/mol. The van der Waals surface area contributed by atoms with Gasteiger partial charge in [-0.3, -0.25) is 0 Å². The van der Waals surface area contributed by atoms with E-state index in [4.69, 9.17) is 0 Å². The molecule has 1 nitrogen and oxygen atoms in total. The Morgan fingerprint density at radius 3 is 3.00 bits per heavy atom. The van der Waals surface area contributed by atoms with Crippen molar-refractivity contribution in [2.75, 3.05) is 11.9 Å². The molecular weight excluding hydrogens is 178 g/mol. The Labute approximate surface area is 82.9 Å². The Hall–Kier alpha value is -0.630. The lowest BCUT2D eigenvalue weighted by molar-refractivity contribution is 0.922.